The third-order valence-electron chi connectivity index (χ3n) is 3.66. The predicted octanol–water partition coefficient (Wildman–Crippen LogP) is 4.49. The van der Waals surface area contributed by atoms with E-state index in [0.29, 0.717) is 22.7 Å². The van der Waals surface area contributed by atoms with Crippen LogP contribution in [0.3, 0.4) is 0 Å². The molecule has 0 saturated carbocycles. The standard InChI is InChI=1S/C15H32O/c1-11(10-14(3,4)5)13(16)9-12(2)15(6,7)8/h11-13,16H,9-10H2,1-8H3. The molecule has 16 heavy (non-hydrogen) atoms. The molecule has 3 atom stereocenters. The molecule has 0 aromatic carbocycles. The van der Waals surface area contributed by atoms with Crippen LogP contribution in [0.4, 0.5) is 0 Å². The highest BCUT2D eigenvalue weighted by atomic mass is 16.3. The van der Waals surface area contributed by atoms with Gasteiger partial charge in [-0.1, -0.05) is 55.4 Å². The van der Waals surface area contributed by atoms with E-state index < -0.39 is 0 Å². The second kappa shape index (κ2) is 5.53. The van der Waals surface area contributed by atoms with E-state index in [2.05, 4.69) is 55.4 Å². The van der Waals surface area contributed by atoms with E-state index in [1.54, 1.807) is 0 Å². The molecular formula is C15H32O. The van der Waals surface area contributed by atoms with Crippen molar-refractivity contribution in [2.45, 2.75) is 74.3 Å². The molecule has 1 heteroatoms. The zero-order valence-electron chi connectivity index (χ0n) is 12.6. The van der Waals surface area contributed by atoms with Gasteiger partial charge in [-0.3, -0.25) is 0 Å². The quantitative estimate of drug-likeness (QED) is 0.751. The van der Waals surface area contributed by atoms with Gasteiger partial charge in [-0.2, -0.15) is 0 Å². The van der Waals surface area contributed by atoms with Crippen LogP contribution in [0.25, 0.3) is 0 Å². The van der Waals surface area contributed by atoms with E-state index >= 15 is 0 Å². The van der Waals surface area contributed by atoms with E-state index in [1.165, 1.54) is 0 Å². The number of aliphatic hydroxyl groups is 1. The van der Waals surface area contributed by atoms with Gasteiger partial charge in [-0.15, -0.1) is 0 Å². The minimum atomic E-state index is -0.159. The first kappa shape index (κ1) is 16.0. The summed E-state index contributed by atoms with van der Waals surface area (Å²) in [7, 11) is 0. The molecule has 0 saturated heterocycles. The summed E-state index contributed by atoms with van der Waals surface area (Å²) < 4.78 is 0. The van der Waals surface area contributed by atoms with Crippen LogP contribution in [0.5, 0.6) is 0 Å². The first-order valence-corrected chi connectivity index (χ1v) is 6.61. The van der Waals surface area contributed by atoms with Crippen molar-refractivity contribution in [3.63, 3.8) is 0 Å². The van der Waals surface area contributed by atoms with Gasteiger partial charge in [0.2, 0.25) is 0 Å². The lowest BCUT2D eigenvalue weighted by Crippen LogP contribution is -2.28. The topological polar surface area (TPSA) is 20.2 Å². The third kappa shape index (κ3) is 6.52. The number of hydrogen-bond donors (Lipinski definition) is 1. The minimum absolute atomic E-state index is 0.159. The maximum Gasteiger partial charge on any atom is 0.0568 e. The Bertz CT molecular complexity index is 194. The van der Waals surface area contributed by atoms with Crippen LogP contribution in [0.15, 0.2) is 0 Å². The van der Waals surface area contributed by atoms with E-state index in [1.807, 2.05) is 0 Å². The maximum atomic E-state index is 10.2. The molecular weight excluding hydrogens is 196 g/mol. The monoisotopic (exact) mass is 228 g/mol. The Hall–Kier alpha value is -0.0400. The van der Waals surface area contributed by atoms with Crippen LogP contribution < -0.4 is 0 Å². The summed E-state index contributed by atoms with van der Waals surface area (Å²) in [5, 5.41) is 10.2. The summed E-state index contributed by atoms with van der Waals surface area (Å²) in [5.41, 5.74) is 0.605. The Kier molecular flexibility index (Phi) is 5.52. The van der Waals surface area contributed by atoms with Gasteiger partial charge in [-0.05, 0) is 35.5 Å². The molecule has 0 aromatic rings. The van der Waals surface area contributed by atoms with E-state index in [9.17, 15) is 5.11 Å². The molecule has 0 aliphatic carbocycles. The molecule has 0 fully saturated rings. The summed E-state index contributed by atoms with van der Waals surface area (Å²) in [5.74, 6) is 0.953. The van der Waals surface area contributed by atoms with E-state index in [-0.39, 0.29) is 6.10 Å². The summed E-state index contributed by atoms with van der Waals surface area (Å²) >= 11 is 0. The molecule has 0 aliphatic rings. The van der Waals surface area contributed by atoms with Gasteiger partial charge in [0.05, 0.1) is 6.10 Å². The molecule has 0 rings (SSSR count). The maximum absolute atomic E-state index is 10.2. The van der Waals surface area contributed by atoms with Crippen LogP contribution in [-0.4, -0.2) is 11.2 Å². The summed E-state index contributed by atoms with van der Waals surface area (Å²) in [6, 6.07) is 0. The largest absolute Gasteiger partial charge is 0.393 e. The SMILES string of the molecule is CC(CC(C)(C)C)C(O)CC(C)C(C)(C)C. The van der Waals surface area contributed by atoms with Gasteiger partial charge in [0.15, 0.2) is 0 Å². The van der Waals surface area contributed by atoms with Gasteiger partial charge >= 0.3 is 0 Å². The van der Waals surface area contributed by atoms with Crippen LogP contribution in [-0.2, 0) is 0 Å². The molecule has 0 aromatic heterocycles. The fourth-order valence-electron chi connectivity index (χ4n) is 2.05. The van der Waals surface area contributed by atoms with E-state index in [0.717, 1.165) is 12.8 Å². The van der Waals surface area contributed by atoms with Crippen LogP contribution in [0, 0.1) is 22.7 Å². The lowest BCUT2D eigenvalue weighted by molar-refractivity contribution is 0.0515. The minimum Gasteiger partial charge on any atom is -0.393 e. The predicted molar refractivity (Wildman–Crippen MR) is 72.5 cm³/mol. The highest BCUT2D eigenvalue weighted by molar-refractivity contribution is 4.78. The summed E-state index contributed by atoms with van der Waals surface area (Å²) in [6.07, 6.45) is 1.85. The molecule has 0 bridgehead atoms. The first-order valence-electron chi connectivity index (χ1n) is 6.61. The number of rotatable bonds is 4. The van der Waals surface area contributed by atoms with Crippen molar-refractivity contribution in [2.24, 2.45) is 22.7 Å². The summed E-state index contributed by atoms with van der Waals surface area (Å²) in [4.78, 5) is 0. The lowest BCUT2D eigenvalue weighted by Gasteiger charge is -2.33. The fraction of sp³-hybridized carbons (Fsp3) is 1.00. The van der Waals surface area contributed by atoms with Crippen molar-refractivity contribution in [1.82, 2.24) is 0 Å². The second-order valence-corrected chi connectivity index (χ2v) is 7.81. The Labute approximate surface area is 103 Å². The van der Waals surface area contributed by atoms with Gasteiger partial charge in [-0.25, -0.2) is 0 Å². The smallest absolute Gasteiger partial charge is 0.0568 e. The molecule has 0 spiro atoms. The zero-order valence-corrected chi connectivity index (χ0v) is 12.6. The molecule has 98 valence electrons. The van der Waals surface area contributed by atoms with Crippen molar-refractivity contribution >= 4 is 0 Å². The second-order valence-electron chi connectivity index (χ2n) is 7.81. The van der Waals surface area contributed by atoms with Crippen molar-refractivity contribution in [1.29, 1.82) is 0 Å². The van der Waals surface area contributed by atoms with Crippen molar-refractivity contribution in [3.8, 4) is 0 Å². The van der Waals surface area contributed by atoms with Gasteiger partial charge in [0.1, 0.15) is 0 Å². The van der Waals surface area contributed by atoms with Crippen LogP contribution >= 0.6 is 0 Å². The zero-order chi connectivity index (χ0) is 13.1. The Morgan fingerprint density at radius 2 is 1.38 bits per heavy atom. The Morgan fingerprint density at radius 1 is 0.938 bits per heavy atom. The molecule has 1 nitrogen and oxygen atoms in total. The highest BCUT2D eigenvalue weighted by Gasteiger charge is 2.27. The lowest BCUT2D eigenvalue weighted by atomic mass is 9.75. The average Bonchev–Trinajstić information content (AvgIpc) is 1.98. The third-order valence-corrected chi connectivity index (χ3v) is 3.66. The normalized spacial score (nSPS) is 19.3. The Balaban J connectivity index is 4.21. The van der Waals surface area contributed by atoms with Gasteiger partial charge < -0.3 is 5.11 Å². The first-order chi connectivity index (χ1) is 6.93. The van der Waals surface area contributed by atoms with E-state index in [4.69, 9.17) is 0 Å². The number of hydrogen-bond acceptors (Lipinski definition) is 1. The van der Waals surface area contributed by atoms with Crippen LogP contribution in [0.2, 0.25) is 0 Å². The molecule has 0 heterocycles. The number of aliphatic hydroxyl groups excluding tert-OH is 1. The Morgan fingerprint density at radius 3 is 1.69 bits per heavy atom. The average molecular weight is 228 g/mol. The van der Waals surface area contributed by atoms with Gasteiger partial charge in [0, 0.05) is 0 Å². The fourth-order valence-corrected chi connectivity index (χ4v) is 2.05. The highest BCUT2D eigenvalue weighted by Crippen LogP contribution is 2.33. The summed E-state index contributed by atoms with van der Waals surface area (Å²) in [6.45, 7) is 17.9. The molecule has 0 radical (unpaired) electrons. The van der Waals surface area contributed by atoms with Crippen molar-refractivity contribution in [3.05, 3.63) is 0 Å². The van der Waals surface area contributed by atoms with Crippen LogP contribution in [0.1, 0.15) is 68.2 Å². The molecule has 3 unspecified atom stereocenters. The molecule has 1 N–H and O–H groups in total. The van der Waals surface area contributed by atoms with Gasteiger partial charge in [0.25, 0.3) is 0 Å². The molecule has 0 aliphatic heterocycles. The van der Waals surface area contributed by atoms with Crippen molar-refractivity contribution in [2.75, 3.05) is 0 Å². The molecule has 0 amide bonds. The van der Waals surface area contributed by atoms with Crippen molar-refractivity contribution < 1.29 is 5.11 Å².